The maximum Gasteiger partial charge on any atom is 0.407 e. The third-order valence-electron chi connectivity index (χ3n) is 4.59. The summed E-state index contributed by atoms with van der Waals surface area (Å²) in [5.74, 6) is 0.851. The first-order valence-electron chi connectivity index (χ1n) is 10.6. The van der Waals surface area contributed by atoms with Crippen LogP contribution in [0.15, 0.2) is 29.3 Å². The lowest BCUT2D eigenvalue weighted by atomic mass is 10.2. The van der Waals surface area contributed by atoms with Crippen molar-refractivity contribution in [1.82, 2.24) is 16.0 Å². The summed E-state index contributed by atoms with van der Waals surface area (Å²) in [4.78, 5) is 30.2. The summed E-state index contributed by atoms with van der Waals surface area (Å²) in [7, 11) is 1.71. The average molecular weight is 418 g/mol. The van der Waals surface area contributed by atoms with E-state index in [1.54, 1.807) is 7.05 Å². The molecule has 0 saturated carbocycles. The number of nitrogens with zero attached hydrogens (tertiary/aromatic N) is 2. The predicted molar refractivity (Wildman–Crippen MR) is 120 cm³/mol. The first-order valence-corrected chi connectivity index (χ1v) is 10.6. The second-order valence-electron chi connectivity index (χ2n) is 8.24. The standard InChI is InChI=1S/C22H35N5O3/c1-22(2,3)30-21(29)26-15-8-14-25-20(23-4)24-13-7-11-19(28)27-16-12-17-9-5-6-10-18(17)27/h5-6,9-10H,7-8,11-16H2,1-4H3,(H,26,29)(H2,23,24,25). The van der Waals surface area contributed by atoms with Crippen LogP contribution in [0.3, 0.4) is 0 Å². The number of amides is 2. The Hall–Kier alpha value is -2.77. The number of alkyl carbamates (subject to hydrolysis) is 1. The highest BCUT2D eigenvalue weighted by atomic mass is 16.6. The highest BCUT2D eigenvalue weighted by Crippen LogP contribution is 2.27. The second-order valence-corrected chi connectivity index (χ2v) is 8.24. The van der Waals surface area contributed by atoms with Gasteiger partial charge in [0.1, 0.15) is 5.60 Å². The van der Waals surface area contributed by atoms with E-state index in [9.17, 15) is 9.59 Å². The summed E-state index contributed by atoms with van der Waals surface area (Å²) in [5, 5.41) is 9.15. The number of carbonyl (C=O) groups is 2. The second kappa shape index (κ2) is 11.4. The van der Waals surface area contributed by atoms with E-state index in [2.05, 4.69) is 27.0 Å². The fraction of sp³-hybridized carbons (Fsp3) is 0.591. The van der Waals surface area contributed by atoms with Gasteiger partial charge in [-0.3, -0.25) is 9.79 Å². The molecule has 30 heavy (non-hydrogen) atoms. The molecule has 0 aromatic heterocycles. The number of rotatable bonds is 8. The van der Waals surface area contributed by atoms with Gasteiger partial charge >= 0.3 is 6.09 Å². The van der Waals surface area contributed by atoms with Crippen LogP contribution in [-0.2, 0) is 16.0 Å². The minimum absolute atomic E-state index is 0.165. The van der Waals surface area contributed by atoms with Gasteiger partial charge in [-0.2, -0.15) is 0 Å². The van der Waals surface area contributed by atoms with Crippen LogP contribution in [0.1, 0.15) is 45.6 Å². The van der Waals surface area contributed by atoms with Crippen molar-refractivity contribution in [3.63, 3.8) is 0 Å². The van der Waals surface area contributed by atoms with Gasteiger partial charge in [-0.25, -0.2) is 4.79 Å². The van der Waals surface area contributed by atoms with Crippen LogP contribution in [-0.4, -0.2) is 56.8 Å². The number of ether oxygens (including phenoxy) is 1. The maximum absolute atomic E-state index is 12.5. The largest absolute Gasteiger partial charge is 0.444 e. The molecule has 0 saturated heterocycles. The summed E-state index contributed by atoms with van der Waals surface area (Å²) in [6.07, 6.45) is 2.50. The monoisotopic (exact) mass is 417 g/mol. The Labute approximate surface area is 179 Å². The molecule has 8 nitrogen and oxygen atoms in total. The van der Waals surface area contributed by atoms with E-state index in [4.69, 9.17) is 4.74 Å². The lowest BCUT2D eigenvalue weighted by Crippen LogP contribution is -2.40. The number of benzene rings is 1. The number of fused-ring (bicyclic) bond motifs is 1. The SMILES string of the molecule is CN=C(NCCCNC(=O)OC(C)(C)C)NCCCC(=O)N1CCc2ccccc21. The van der Waals surface area contributed by atoms with Crippen LogP contribution in [0.5, 0.6) is 0 Å². The molecule has 1 aromatic rings. The number of nitrogens with one attached hydrogen (secondary N) is 3. The van der Waals surface area contributed by atoms with Gasteiger partial charge in [0, 0.05) is 45.3 Å². The molecule has 0 bridgehead atoms. The Morgan fingerprint density at radius 2 is 1.73 bits per heavy atom. The molecule has 8 heteroatoms. The van der Waals surface area contributed by atoms with Crippen LogP contribution < -0.4 is 20.9 Å². The van der Waals surface area contributed by atoms with Crippen molar-refractivity contribution >= 4 is 23.6 Å². The zero-order valence-electron chi connectivity index (χ0n) is 18.6. The van der Waals surface area contributed by atoms with Gasteiger partial charge in [-0.05, 0) is 51.7 Å². The van der Waals surface area contributed by atoms with Crippen molar-refractivity contribution in [3.8, 4) is 0 Å². The zero-order valence-corrected chi connectivity index (χ0v) is 18.6. The first kappa shape index (κ1) is 23.5. The third kappa shape index (κ3) is 7.93. The molecule has 166 valence electrons. The topological polar surface area (TPSA) is 95.1 Å². The van der Waals surface area contributed by atoms with Crippen molar-refractivity contribution in [2.24, 2.45) is 4.99 Å². The Balaban J connectivity index is 1.57. The number of carbonyl (C=O) groups excluding carboxylic acids is 2. The molecular weight excluding hydrogens is 382 g/mol. The van der Waals surface area contributed by atoms with Crippen LogP contribution >= 0.6 is 0 Å². The molecule has 1 aromatic carbocycles. The fourth-order valence-electron chi connectivity index (χ4n) is 3.20. The Kier molecular flexibility index (Phi) is 8.95. The fourth-order valence-corrected chi connectivity index (χ4v) is 3.20. The minimum atomic E-state index is -0.492. The third-order valence-corrected chi connectivity index (χ3v) is 4.59. The van der Waals surface area contributed by atoms with Crippen LogP contribution in [0.25, 0.3) is 0 Å². The van der Waals surface area contributed by atoms with E-state index in [0.29, 0.717) is 32.0 Å². The molecule has 0 aliphatic carbocycles. The summed E-state index contributed by atoms with van der Waals surface area (Å²) >= 11 is 0. The normalized spacial score (nSPS) is 13.6. The molecular formula is C22H35N5O3. The average Bonchev–Trinajstić information content (AvgIpc) is 3.12. The van der Waals surface area contributed by atoms with E-state index in [0.717, 1.165) is 31.5 Å². The number of para-hydroxylation sites is 1. The number of aliphatic imine (C=N–C) groups is 1. The van der Waals surface area contributed by atoms with Gasteiger partial charge in [0.15, 0.2) is 5.96 Å². The molecule has 2 amide bonds. The number of guanidine groups is 1. The van der Waals surface area contributed by atoms with Crippen LogP contribution in [0, 0.1) is 0 Å². The lowest BCUT2D eigenvalue weighted by Gasteiger charge is -2.19. The number of hydrogen-bond donors (Lipinski definition) is 3. The van der Waals surface area contributed by atoms with Gasteiger partial charge < -0.3 is 25.6 Å². The molecule has 1 aliphatic rings. The van der Waals surface area contributed by atoms with Crippen molar-refractivity contribution in [2.75, 3.05) is 38.1 Å². The van der Waals surface area contributed by atoms with E-state index in [1.165, 1.54) is 5.56 Å². The van der Waals surface area contributed by atoms with Gasteiger partial charge in [0.05, 0.1) is 0 Å². The van der Waals surface area contributed by atoms with Gasteiger partial charge in [-0.15, -0.1) is 0 Å². The Morgan fingerprint density at radius 1 is 1.07 bits per heavy atom. The summed E-state index contributed by atoms with van der Waals surface area (Å²) in [6.45, 7) is 8.12. The summed E-state index contributed by atoms with van der Waals surface area (Å²) < 4.78 is 5.19. The molecule has 0 unspecified atom stereocenters. The minimum Gasteiger partial charge on any atom is -0.444 e. The molecule has 0 atom stereocenters. The molecule has 3 N–H and O–H groups in total. The Morgan fingerprint density at radius 3 is 2.43 bits per heavy atom. The number of anilines is 1. The molecule has 1 heterocycles. The van der Waals surface area contributed by atoms with E-state index in [-0.39, 0.29) is 5.91 Å². The maximum atomic E-state index is 12.5. The summed E-state index contributed by atoms with van der Waals surface area (Å²) in [6, 6.07) is 8.10. The van der Waals surface area contributed by atoms with Crippen LogP contribution in [0.2, 0.25) is 0 Å². The predicted octanol–water partition coefficient (Wildman–Crippen LogP) is 2.44. The van der Waals surface area contributed by atoms with E-state index >= 15 is 0 Å². The van der Waals surface area contributed by atoms with E-state index < -0.39 is 11.7 Å². The van der Waals surface area contributed by atoms with Gasteiger partial charge in [0.25, 0.3) is 0 Å². The van der Waals surface area contributed by atoms with Crippen LogP contribution in [0.4, 0.5) is 10.5 Å². The molecule has 0 radical (unpaired) electrons. The van der Waals surface area contributed by atoms with Crippen molar-refractivity contribution < 1.29 is 14.3 Å². The molecule has 2 rings (SSSR count). The lowest BCUT2D eigenvalue weighted by molar-refractivity contribution is -0.118. The zero-order chi connectivity index (χ0) is 22.0. The number of hydrogen-bond acceptors (Lipinski definition) is 4. The van der Waals surface area contributed by atoms with Crippen molar-refractivity contribution in [3.05, 3.63) is 29.8 Å². The van der Waals surface area contributed by atoms with E-state index in [1.807, 2.05) is 43.9 Å². The highest BCUT2D eigenvalue weighted by molar-refractivity contribution is 5.95. The first-order chi connectivity index (χ1) is 14.3. The highest BCUT2D eigenvalue weighted by Gasteiger charge is 2.23. The van der Waals surface area contributed by atoms with Gasteiger partial charge in [0.2, 0.25) is 5.91 Å². The van der Waals surface area contributed by atoms with Crippen molar-refractivity contribution in [2.45, 2.75) is 52.1 Å². The molecule has 1 aliphatic heterocycles. The Bertz CT molecular complexity index is 743. The smallest absolute Gasteiger partial charge is 0.407 e. The molecule has 0 fully saturated rings. The molecule has 0 spiro atoms. The summed E-state index contributed by atoms with van der Waals surface area (Å²) in [5.41, 5.74) is 1.80. The van der Waals surface area contributed by atoms with Gasteiger partial charge in [-0.1, -0.05) is 18.2 Å². The van der Waals surface area contributed by atoms with Crippen molar-refractivity contribution in [1.29, 1.82) is 0 Å². The quantitative estimate of drug-likeness (QED) is 0.343.